The Morgan fingerprint density at radius 3 is 2.28 bits per heavy atom. The molecule has 0 amide bonds. The van der Waals surface area contributed by atoms with Crippen LogP contribution in [0, 0.1) is 0 Å². The highest BCUT2D eigenvalue weighted by Gasteiger charge is 2.14. The predicted molar refractivity (Wildman–Crippen MR) is 123 cm³/mol. The van der Waals surface area contributed by atoms with Gasteiger partial charge in [0.2, 0.25) is 0 Å². The Hall–Kier alpha value is -1.78. The second kappa shape index (κ2) is 12.7. The zero-order chi connectivity index (χ0) is 21.1. The summed E-state index contributed by atoms with van der Waals surface area (Å²) in [5.41, 5.74) is 2.13. The van der Waals surface area contributed by atoms with E-state index >= 15 is 0 Å². The number of esters is 1. The van der Waals surface area contributed by atoms with Crippen LogP contribution in [0.3, 0.4) is 0 Å². The number of thiophene rings is 1. The van der Waals surface area contributed by atoms with Crippen LogP contribution in [0.2, 0.25) is 0 Å². The fourth-order valence-corrected chi connectivity index (χ4v) is 4.92. The molecule has 6 heteroatoms. The van der Waals surface area contributed by atoms with E-state index in [4.69, 9.17) is 13.8 Å². The fraction of sp³-hybridized carbons (Fsp3) is 0.348. The van der Waals surface area contributed by atoms with Gasteiger partial charge < -0.3 is 13.8 Å². The lowest BCUT2D eigenvalue weighted by molar-refractivity contribution is 0.0478. The Labute approximate surface area is 178 Å². The molecule has 0 N–H and O–H groups in total. The van der Waals surface area contributed by atoms with Crippen molar-refractivity contribution in [2.45, 2.75) is 40.5 Å². The first kappa shape index (κ1) is 23.5. The summed E-state index contributed by atoms with van der Waals surface area (Å²) < 4.78 is 17.9. The van der Waals surface area contributed by atoms with E-state index in [-0.39, 0.29) is 12.6 Å². The van der Waals surface area contributed by atoms with Gasteiger partial charge in [0.1, 0.15) is 11.5 Å². The maximum Gasteiger partial charge on any atom is 0.348 e. The van der Waals surface area contributed by atoms with E-state index in [0.717, 1.165) is 27.4 Å². The largest absolute Gasteiger partial charge is 0.457 e. The monoisotopic (exact) mass is 432 g/mol. The van der Waals surface area contributed by atoms with Gasteiger partial charge in [-0.05, 0) is 48.6 Å². The van der Waals surface area contributed by atoms with Gasteiger partial charge >= 0.3 is 5.97 Å². The molecule has 0 radical (unpaired) electrons. The summed E-state index contributed by atoms with van der Waals surface area (Å²) in [5, 5.41) is 1.05. The number of hydrogen-bond donors (Lipinski definition) is 0. The summed E-state index contributed by atoms with van der Waals surface area (Å²) >= 11 is 1.46. The van der Waals surface area contributed by atoms with E-state index in [1.807, 2.05) is 64.1 Å². The minimum absolute atomic E-state index is 0.284. The molecule has 0 spiro atoms. The van der Waals surface area contributed by atoms with Gasteiger partial charge in [0, 0.05) is 10.9 Å². The van der Waals surface area contributed by atoms with Crippen LogP contribution in [0.15, 0.2) is 54.6 Å². The molecule has 0 aliphatic heterocycles. The smallest absolute Gasteiger partial charge is 0.348 e. The van der Waals surface area contributed by atoms with Crippen molar-refractivity contribution in [1.82, 2.24) is 0 Å². The Morgan fingerprint density at radius 1 is 0.931 bits per heavy atom. The number of fused-ring (bicyclic) bond motifs is 1. The third kappa shape index (κ3) is 7.20. The molecule has 0 unspecified atom stereocenters. The van der Waals surface area contributed by atoms with E-state index in [2.05, 4.69) is 18.2 Å². The molecular weight excluding hydrogens is 403 g/mol. The fourth-order valence-electron chi connectivity index (χ4n) is 2.65. The van der Waals surface area contributed by atoms with Crippen LogP contribution in [0.25, 0.3) is 10.1 Å². The highest BCUT2D eigenvalue weighted by atomic mass is 32.1. The highest BCUT2D eigenvalue weighted by Crippen LogP contribution is 2.42. The first-order chi connectivity index (χ1) is 14.2. The second-order valence-corrected chi connectivity index (χ2v) is 8.45. The van der Waals surface area contributed by atoms with Crippen molar-refractivity contribution in [3.63, 3.8) is 0 Å². The Morgan fingerprint density at radius 2 is 1.62 bits per heavy atom. The van der Waals surface area contributed by atoms with Gasteiger partial charge in [0.05, 0.1) is 13.2 Å². The third-order valence-electron chi connectivity index (χ3n) is 3.85. The maximum atomic E-state index is 12.4. The number of hydrogen-bond acceptors (Lipinski definition) is 5. The van der Waals surface area contributed by atoms with E-state index < -0.39 is 8.38 Å². The lowest BCUT2D eigenvalue weighted by atomic mass is 10.2. The normalized spacial score (nSPS) is 10.7. The molecule has 0 aliphatic carbocycles. The Kier molecular flexibility index (Phi) is 10.3. The summed E-state index contributed by atoms with van der Waals surface area (Å²) in [4.78, 5) is 13.0. The zero-order valence-electron chi connectivity index (χ0n) is 17.5. The molecule has 3 rings (SSSR count). The van der Waals surface area contributed by atoms with Crippen LogP contribution in [0.1, 0.15) is 48.5 Å². The predicted octanol–water partition coefficient (Wildman–Crippen LogP) is 7.17. The molecule has 1 heterocycles. The molecule has 1 aromatic heterocycles. The van der Waals surface area contributed by atoms with Crippen molar-refractivity contribution < 1.29 is 18.6 Å². The van der Waals surface area contributed by atoms with Gasteiger partial charge in [-0.1, -0.05) is 50.2 Å². The molecule has 0 bridgehead atoms. The van der Waals surface area contributed by atoms with Gasteiger partial charge in [0.15, 0.2) is 8.38 Å². The molecule has 156 valence electrons. The molecule has 0 fully saturated rings. The Balaban J connectivity index is 0.00000145. The van der Waals surface area contributed by atoms with E-state index in [9.17, 15) is 4.79 Å². The lowest BCUT2D eigenvalue weighted by Crippen LogP contribution is -2.02. The van der Waals surface area contributed by atoms with Crippen LogP contribution < -0.4 is 0 Å². The molecule has 2 aromatic carbocycles. The third-order valence-corrected chi connectivity index (χ3v) is 6.66. The standard InChI is InChI=1S/C21H23O4PS.C2H6/c1-3-24-26(25-4-2)15-17-10-11-19-18(12-17)13-20(27-19)21(22)23-14-16-8-6-5-7-9-16;1-2/h5-13H,3-4,14-15H2,1-2H3;1-2H3. The summed E-state index contributed by atoms with van der Waals surface area (Å²) in [6, 6.07) is 17.8. The molecule has 0 aliphatic rings. The minimum Gasteiger partial charge on any atom is -0.457 e. The van der Waals surface area contributed by atoms with Crippen LogP contribution >= 0.6 is 19.7 Å². The average Bonchev–Trinajstić information content (AvgIpc) is 3.18. The lowest BCUT2D eigenvalue weighted by Gasteiger charge is -2.15. The number of rotatable bonds is 9. The van der Waals surface area contributed by atoms with Crippen molar-refractivity contribution in [3.05, 3.63) is 70.6 Å². The number of ether oxygens (including phenoxy) is 1. The van der Waals surface area contributed by atoms with Gasteiger partial charge in [0.25, 0.3) is 0 Å². The molecule has 0 atom stereocenters. The van der Waals surface area contributed by atoms with Crippen molar-refractivity contribution in [2.24, 2.45) is 0 Å². The number of carbonyl (C=O) groups excluding carboxylic acids is 1. The first-order valence-electron chi connectivity index (χ1n) is 9.96. The van der Waals surface area contributed by atoms with Crippen LogP contribution in [-0.4, -0.2) is 19.2 Å². The summed E-state index contributed by atoms with van der Waals surface area (Å²) in [5.74, 6) is -0.285. The van der Waals surface area contributed by atoms with Crippen LogP contribution in [-0.2, 0) is 26.6 Å². The second-order valence-electron chi connectivity index (χ2n) is 5.87. The van der Waals surface area contributed by atoms with Gasteiger partial charge in [-0.2, -0.15) is 0 Å². The quantitative estimate of drug-likeness (QED) is 0.266. The Bertz CT molecular complexity index is 873. The molecule has 4 nitrogen and oxygen atoms in total. The van der Waals surface area contributed by atoms with Gasteiger partial charge in [-0.25, -0.2) is 4.79 Å². The van der Waals surface area contributed by atoms with E-state index in [1.165, 1.54) is 11.3 Å². The van der Waals surface area contributed by atoms with Crippen molar-refractivity contribution in [2.75, 3.05) is 13.2 Å². The summed E-state index contributed by atoms with van der Waals surface area (Å²) in [6.45, 7) is 9.52. The molecule has 3 aromatic rings. The van der Waals surface area contributed by atoms with E-state index in [1.54, 1.807) is 0 Å². The SMILES string of the molecule is CC.CCOP(Cc1ccc2sc(C(=O)OCc3ccccc3)cc2c1)OCC. The van der Waals surface area contributed by atoms with E-state index in [0.29, 0.717) is 18.1 Å². The topological polar surface area (TPSA) is 44.8 Å². The first-order valence-corrected chi connectivity index (χ1v) is 12.1. The average molecular weight is 433 g/mol. The van der Waals surface area contributed by atoms with Crippen LogP contribution in [0.5, 0.6) is 0 Å². The summed E-state index contributed by atoms with van der Waals surface area (Å²) in [6.07, 6.45) is 0.747. The van der Waals surface area contributed by atoms with Crippen molar-refractivity contribution in [3.8, 4) is 0 Å². The molecular formula is C23H29O4PS. The highest BCUT2D eigenvalue weighted by molar-refractivity contribution is 7.46. The summed E-state index contributed by atoms with van der Waals surface area (Å²) in [7, 11) is -0.918. The van der Waals surface area contributed by atoms with Gasteiger partial charge in [-0.3, -0.25) is 0 Å². The van der Waals surface area contributed by atoms with Crippen molar-refractivity contribution in [1.29, 1.82) is 0 Å². The minimum atomic E-state index is -0.918. The molecule has 0 saturated carbocycles. The number of benzene rings is 2. The maximum absolute atomic E-state index is 12.4. The van der Waals surface area contributed by atoms with Crippen molar-refractivity contribution >= 4 is 35.8 Å². The molecule has 0 saturated heterocycles. The number of carbonyl (C=O) groups is 1. The van der Waals surface area contributed by atoms with Gasteiger partial charge in [-0.15, -0.1) is 11.3 Å². The zero-order valence-corrected chi connectivity index (χ0v) is 19.2. The van der Waals surface area contributed by atoms with Crippen LogP contribution in [0.4, 0.5) is 0 Å². The molecule has 29 heavy (non-hydrogen) atoms.